The van der Waals surface area contributed by atoms with Gasteiger partial charge < -0.3 is 5.11 Å². The number of aliphatic hydroxyl groups is 1. The van der Waals surface area contributed by atoms with E-state index in [0.717, 1.165) is 16.8 Å². The van der Waals surface area contributed by atoms with E-state index in [0.29, 0.717) is 5.56 Å². The van der Waals surface area contributed by atoms with Gasteiger partial charge in [0, 0.05) is 29.1 Å². The summed E-state index contributed by atoms with van der Waals surface area (Å²) in [7, 11) is 0. The standard InChI is InChI=1S/C13H13F2NOS/c1-7-3-9(11(15)4-10(7)14)12(17)5-13-16-8(2)6-18-13/h3-4,6,12,17H,5H2,1-2H3. The van der Waals surface area contributed by atoms with E-state index in [2.05, 4.69) is 4.98 Å². The van der Waals surface area contributed by atoms with E-state index in [1.54, 1.807) is 6.92 Å². The average molecular weight is 269 g/mol. The summed E-state index contributed by atoms with van der Waals surface area (Å²) in [5.74, 6) is -1.33. The Hall–Kier alpha value is -1.33. The van der Waals surface area contributed by atoms with Crippen molar-refractivity contribution in [3.8, 4) is 0 Å². The van der Waals surface area contributed by atoms with E-state index in [1.807, 2.05) is 12.3 Å². The molecule has 1 aromatic carbocycles. The van der Waals surface area contributed by atoms with Crippen molar-refractivity contribution in [2.24, 2.45) is 0 Å². The van der Waals surface area contributed by atoms with Crippen molar-refractivity contribution in [2.45, 2.75) is 26.4 Å². The summed E-state index contributed by atoms with van der Waals surface area (Å²) < 4.78 is 26.7. The molecule has 1 N–H and O–H groups in total. The second-order valence-corrected chi connectivity index (χ2v) is 5.17. The van der Waals surface area contributed by atoms with Gasteiger partial charge in [0.2, 0.25) is 0 Å². The fourth-order valence-corrected chi connectivity index (χ4v) is 2.52. The quantitative estimate of drug-likeness (QED) is 0.927. The van der Waals surface area contributed by atoms with Crippen molar-refractivity contribution < 1.29 is 13.9 Å². The number of nitrogens with zero attached hydrogens (tertiary/aromatic N) is 1. The largest absolute Gasteiger partial charge is 0.388 e. The first-order chi connectivity index (χ1) is 8.47. The van der Waals surface area contributed by atoms with Crippen molar-refractivity contribution in [3.05, 3.63) is 51.0 Å². The fourth-order valence-electron chi connectivity index (χ4n) is 1.71. The fraction of sp³-hybridized carbons (Fsp3) is 0.308. The highest BCUT2D eigenvalue weighted by Gasteiger charge is 2.17. The SMILES string of the molecule is Cc1csc(CC(O)c2cc(C)c(F)cc2F)n1. The lowest BCUT2D eigenvalue weighted by Crippen LogP contribution is -2.05. The number of aromatic nitrogens is 1. The summed E-state index contributed by atoms with van der Waals surface area (Å²) in [6.07, 6.45) is -0.768. The van der Waals surface area contributed by atoms with Crippen LogP contribution >= 0.6 is 11.3 Å². The molecule has 0 saturated heterocycles. The molecule has 1 unspecified atom stereocenters. The van der Waals surface area contributed by atoms with Gasteiger partial charge in [0.25, 0.3) is 0 Å². The van der Waals surface area contributed by atoms with Crippen LogP contribution in [0.5, 0.6) is 0 Å². The van der Waals surface area contributed by atoms with E-state index < -0.39 is 17.7 Å². The van der Waals surface area contributed by atoms with E-state index in [9.17, 15) is 13.9 Å². The first kappa shape index (κ1) is 13.1. The van der Waals surface area contributed by atoms with Crippen LogP contribution in [0, 0.1) is 25.5 Å². The number of hydrogen-bond donors (Lipinski definition) is 1. The Bertz CT molecular complexity index is 568. The molecule has 5 heteroatoms. The maximum atomic E-state index is 13.6. The van der Waals surface area contributed by atoms with Crippen molar-refractivity contribution in [3.63, 3.8) is 0 Å². The van der Waals surface area contributed by atoms with Crippen molar-refractivity contribution in [1.29, 1.82) is 0 Å². The summed E-state index contributed by atoms with van der Waals surface area (Å²) in [6, 6.07) is 2.15. The van der Waals surface area contributed by atoms with E-state index >= 15 is 0 Å². The maximum absolute atomic E-state index is 13.6. The minimum Gasteiger partial charge on any atom is -0.388 e. The summed E-state index contributed by atoms with van der Waals surface area (Å²) in [4.78, 5) is 4.21. The molecular weight excluding hydrogens is 256 g/mol. The van der Waals surface area contributed by atoms with Crippen LogP contribution in [0.2, 0.25) is 0 Å². The third-order valence-electron chi connectivity index (χ3n) is 2.67. The topological polar surface area (TPSA) is 33.1 Å². The average Bonchev–Trinajstić information content (AvgIpc) is 2.69. The normalized spacial score (nSPS) is 12.7. The smallest absolute Gasteiger partial charge is 0.131 e. The van der Waals surface area contributed by atoms with Crippen LogP contribution in [0.3, 0.4) is 0 Å². The molecule has 0 spiro atoms. The number of thiazole rings is 1. The Morgan fingerprint density at radius 2 is 2.00 bits per heavy atom. The number of aryl methyl sites for hydroxylation is 2. The molecule has 0 fully saturated rings. The van der Waals surface area contributed by atoms with Crippen LogP contribution in [0.25, 0.3) is 0 Å². The molecule has 0 aliphatic carbocycles. The van der Waals surface area contributed by atoms with Crippen LogP contribution in [0.4, 0.5) is 8.78 Å². The molecule has 2 rings (SSSR count). The first-order valence-electron chi connectivity index (χ1n) is 5.52. The summed E-state index contributed by atoms with van der Waals surface area (Å²) in [5, 5.41) is 12.6. The Morgan fingerprint density at radius 1 is 1.28 bits per heavy atom. The summed E-state index contributed by atoms with van der Waals surface area (Å²) in [6.45, 7) is 3.40. The molecule has 0 aliphatic rings. The highest BCUT2D eigenvalue weighted by Crippen LogP contribution is 2.25. The highest BCUT2D eigenvalue weighted by atomic mass is 32.1. The van der Waals surface area contributed by atoms with Gasteiger partial charge in [0.05, 0.1) is 11.1 Å². The molecule has 0 radical (unpaired) electrons. The molecule has 0 saturated carbocycles. The lowest BCUT2D eigenvalue weighted by atomic mass is 10.0. The molecular formula is C13H13F2NOS. The third-order valence-corrected chi connectivity index (χ3v) is 3.66. The maximum Gasteiger partial charge on any atom is 0.131 e. The molecule has 0 amide bonds. The lowest BCUT2D eigenvalue weighted by molar-refractivity contribution is 0.173. The molecule has 2 aromatic rings. The van der Waals surface area contributed by atoms with Gasteiger partial charge in [-0.3, -0.25) is 0 Å². The van der Waals surface area contributed by atoms with Crippen LogP contribution in [0.1, 0.15) is 27.9 Å². The van der Waals surface area contributed by atoms with Crippen molar-refractivity contribution in [1.82, 2.24) is 4.98 Å². The molecule has 0 aliphatic heterocycles. The predicted octanol–water partition coefficient (Wildman–Crippen LogP) is 3.31. The number of rotatable bonds is 3. The highest BCUT2D eigenvalue weighted by molar-refractivity contribution is 7.09. The Labute approximate surface area is 108 Å². The Kier molecular flexibility index (Phi) is 3.73. The minimum absolute atomic E-state index is 0.113. The van der Waals surface area contributed by atoms with Crippen molar-refractivity contribution in [2.75, 3.05) is 0 Å². The lowest BCUT2D eigenvalue weighted by Gasteiger charge is -2.11. The zero-order chi connectivity index (χ0) is 13.3. The first-order valence-corrected chi connectivity index (χ1v) is 6.40. The zero-order valence-corrected chi connectivity index (χ0v) is 10.9. The zero-order valence-electron chi connectivity index (χ0n) is 10.1. The second-order valence-electron chi connectivity index (χ2n) is 4.23. The third kappa shape index (κ3) is 2.73. The Balaban J connectivity index is 2.23. The van der Waals surface area contributed by atoms with Gasteiger partial charge in [-0.05, 0) is 25.5 Å². The number of benzene rings is 1. The van der Waals surface area contributed by atoms with E-state index in [4.69, 9.17) is 0 Å². The number of halogens is 2. The minimum atomic E-state index is -1.00. The molecule has 1 aromatic heterocycles. The molecule has 96 valence electrons. The number of hydrogen-bond acceptors (Lipinski definition) is 3. The molecule has 1 heterocycles. The van der Waals surface area contributed by atoms with Crippen LogP contribution < -0.4 is 0 Å². The Morgan fingerprint density at radius 3 is 2.61 bits per heavy atom. The van der Waals surface area contributed by atoms with Gasteiger partial charge >= 0.3 is 0 Å². The van der Waals surface area contributed by atoms with Crippen molar-refractivity contribution >= 4 is 11.3 Å². The van der Waals surface area contributed by atoms with E-state index in [-0.39, 0.29) is 12.0 Å². The van der Waals surface area contributed by atoms with Gasteiger partial charge in [-0.25, -0.2) is 13.8 Å². The monoisotopic (exact) mass is 269 g/mol. The second kappa shape index (κ2) is 5.12. The van der Waals surface area contributed by atoms with Gasteiger partial charge in [-0.2, -0.15) is 0 Å². The van der Waals surface area contributed by atoms with Gasteiger partial charge in [0.15, 0.2) is 0 Å². The molecule has 2 nitrogen and oxygen atoms in total. The molecule has 0 bridgehead atoms. The predicted molar refractivity (Wildman–Crippen MR) is 66.6 cm³/mol. The van der Waals surface area contributed by atoms with E-state index in [1.165, 1.54) is 17.4 Å². The van der Waals surface area contributed by atoms with Crippen LogP contribution in [0.15, 0.2) is 17.5 Å². The van der Waals surface area contributed by atoms with Gasteiger partial charge in [-0.15, -0.1) is 11.3 Å². The van der Waals surface area contributed by atoms with Gasteiger partial charge in [0.1, 0.15) is 11.6 Å². The van der Waals surface area contributed by atoms with Crippen LogP contribution in [-0.4, -0.2) is 10.1 Å². The molecule has 18 heavy (non-hydrogen) atoms. The van der Waals surface area contributed by atoms with Gasteiger partial charge in [-0.1, -0.05) is 0 Å². The molecule has 1 atom stereocenters. The number of aliphatic hydroxyl groups excluding tert-OH is 1. The van der Waals surface area contributed by atoms with Crippen LogP contribution in [-0.2, 0) is 6.42 Å². The summed E-state index contributed by atoms with van der Waals surface area (Å²) in [5.41, 5.74) is 1.31. The summed E-state index contributed by atoms with van der Waals surface area (Å²) >= 11 is 1.42.